The fraction of sp³-hybridized carbons (Fsp3) is 0.318. The number of hydrogen-bond donors (Lipinski definition) is 2. The quantitative estimate of drug-likeness (QED) is 0.613. The van der Waals surface area contributed by atoms with Crippen LogP contribution >= 0.6 is 0 Å². The first-order chi connectivity index (χ1) is 14.0. The number of amides is 1. The van der Waals surface area contributed by atoms with Gasteiger partial charge in [-0.2, -0.15) is 5.10 Å². The van der Waals surface area contributed by atoms with E-state index in [-0.39, 0.29) is 23.7 Å². The molecule has 29 heavy (non-hydrogen) atoms. The fourth-order valence-corrected chi connectivity index (χ4v) is 3.04. The molecule has 3 aromatic rings. The maximum Gasteiger partial charge on any atom is 0.255 e. The molecule has 0 saturated carbocycles. The van der Waals surface area contributed by atoms with Gasteiger partial charge in [-0.25, -0.2) is 4.98 Å². The Morgan fingerprint density at radius 2 is 2.00 bits per heavy atom. The number of carbonyl (C=O) groups is 1. The second-order valence-electron chi connectivity index (χ2n) is 7.35. The van der Waals surface area contributed by atoms with Gasteiger partial charge in [0.25, 0.3) is 5.91 Å². The molecular weight excluding hydrogens is 366 g/mol. The van der Waals surface area contributed by atoms with Crippen molar-refractivity contribution in [3.63, 3.8) is 0 Å². The third-order valence-electron chi connectivity index (χ3n) is 4.75. The molecule has 1 aromatic carbocycles. The SMILES string of the molecule is CC(C)[C@H](COCc1ccccc1)NC(=O)c1c(-c2cnn(C)c2)ccnc1N. The zero-order chi connectivity index (χ0) is 20.8. The molecule has 2 aromatic heterocycles. The Morgan fingerprint density at radius 3 is 2.66 bits per heavy atom. The Bertz CT molecular complexity index is 953. The van der Waals surface area contributed by atoms with Gasteiger partial charge >= 0.3 is 0 Å². The number of nitrogens with two attached hydrogens (primary N) is 1. The highest BCUT2D eigenvalue weighted by Crippen LogP contribution is 2.26. The number of hydrogen-bond acceptors (Lipinski definition) is 5. The van der Waals surface area contributed by atoms with Gasteiger partial charge in [0.2, 0.25) is 0 Å². The second-order valence-corrected chi connectivity index (χ2v) is 7.35. The molecule has 0 bridgehead atoms. The number of rotatable bonds is 8. The van der Waals surface area contributed by atoms with Crippen LogP contribution < -0.4 is 11.1 Å². The van der Waals surface area contributed by atoms with Crippen LogP contribution in [0.25, 0.3) is 11.1 Å². The van der Waals surface area contributed by atoms with Crippen LogP contribution in [0.4, 0.5) is 5.82 Å². The number of pyridine rings is 1. The summed E-state index contributed by atoms with van der Waals surface area (Å²) in [4.78, 5) is 17.2. The molecule has 152 valence electrons. The summed E-state index contributed by atoms with van der Waals surface area (Å²) in [6, 6.07) is 11.6. The molecular formula is C22H27N5O2. The summed E-state index contributed by atoms with van der Waals surface area (Å²) in [7, 11) is 1.83. The largest absolute Gasteiger partial charge is 0.383 e. The Labute approximate surface area is 170 Å². The molecule has 0 aliphatic rings. The molecule has 7 heteroatoms. The van der Waals surface area contributed by atoms with Crippen molar-refractivity contribution in [2.75, 3.05) is 12.3 Å². The van der Waals surface area contributed by atoms with E-state index in [2.05, 4.69) is 15.4 Å². The molecule has 7 nitrogen and oxygen atoms in total. The number of carbonyl (C=O) groups excluding carboxylic acids is 1. The summed E-state index contributed by atoms with van der Waals surface area (Å²) in [5.41, 5.74) is 9.03. The van der Waals surface area contributed by atoms with E-state index in [4.69, 9.17) is 10.5 Å². The normalized spacial score (nSPS) is 12.1. The van der Waals surface area contributed by atoms with Crippen LogP contribution in [0.1, 0.15) is 29.8 Å². The number of nitrogens with one attached hydrogen (secondary N) is 1. The minimum absolute atomic E-state index is 0.160. The van der Waals surface area contributed by atoms with Crippen molar-refractivity contribution in [1.29, 1.82) is 0 Å². The smallest absolute Gasteiger partial charge is 0.255 e. The van der Waals surface area contributed by atoms with Crippen LogP contribution in [0, 0.1) is 5.92 Å². The molecule has 0 aliphatic carbocycles. The lowest BCUT2D eigenvalue weighted by Crippen LogP contribution is -2.42. The lowest BCUT2D eigenvalue weighted by Gasteiger charge is -2.23. The molecule has 0 aliphatic heterocycles. The van der Waals surface area contributed by atoms with Crippen LogP contribution in [0.3, 0.4) is 0 Å². The first-order valence-electron chi connectivity index (χ1n) is 9.61. The number of nitrogen functional groups attached to an aromatic ring is 1. The summed E-state index contributed by atoms with van der Waals surface area (Å²) in [6.07, 6.45) is 5.14. The monoisotopic (exact) mass is 393 g/mol. The van der Waals surface area contributed by atoms with E-state index in [0.29, 0.717) is 24.3 Å². The maximum atomic E-state index is 13.1. The van der Waals surface area contributed by atoms with Crippen LogP contribution in [-0.4, -0.2) is 33.3 Å². The number of anilines is 1. The fourth-order valence-electron chi connectivity index (χ4n) is 3.04. The molecule has 0 spiro atoms. The van der Waals surface area contributed by atoms with Gasteiger partial charge in [-0.15, -0.1) is 0 Å². The first-order valence-corrected chi connectivity index (χ1v) is 9.61. The van der Waals surface area contributed by atoms with Crippen LogP contribution in [-0.2, 0) is 18.4 Å². The first kappa shape index (κ1) is 20.5. The van der Waals surface area contributed by atoms with E-state index in [1.165, 1.54) is 0 Å². The molecule has 1 amide bonds. The summed E-state index contributed by atoms with van der Waals surface area (Å²) < 4.78 is 7.54. The van der Waals surface area contributed by atoms with Crippen LogP contribution in [0.2, 0.25) is 0 Å². The van der Waals surface area contributed by atoms with Crippen molar-refractivity contribution in [2.24, 2.45) is 13.0 Å². The highest BCUT2D eigenvalue weighted by molar-refractivity contribution is 6.04. The molecule has 2 heterocycles. The predicted molar refractivity (Wildman–Crippen MR) is 113 cm³/mol. The van der Waals surface area contributed by atoms with E-state index in [1.54, 1.807) is 23.1 Å². The van der Waals surface area contributed by atoms with Crippen molar-refractivity contribution in [3.8, 4) is 11.1 Å². The van der Waals surface area contributed by atoms with E-state index in [1.807, 2.05) is 57.4 Å². The molecule has 0 fully saturated rings. The summed E-state index contributed by atoms with van der Waals surface area (Å²) >= 11 is 0. The summed E-state index contributed by atoms with van der Waals surface area (Å²) in [5, 5.41) is 7.25. The highest BCUT2D eigenvalue weighted by atomic mass is 16.5. The van der Waals surface area contributed by atoms with E-state index >= 15 is 0 Å². The zero-order valence-corrected chi connectivity index (χ0v) is 17.0. The number of aryl methyl sites for hydroxylation is 1. The number of ether oxygens (including phenoxy) is 1. The van der Waals surface area contributed by atoms with Gasteiger partial charge < -0.3 is 15.8 Å². The predicted octanol–water partition coefficient (Wildman–Crippen LogP) is 3.04. The summed E-state index contributed by atoms with van der Waals surface area (Å²) in [6.45, 7) is 4.99. The van der Waals surface area contributed by atoms with Crippen molar-refractivity contribution >= 4 is 11.7 Å². The number of benzene rings is 1. The van der Waals surface area contributed by atoms with E-state index < -0.39 is 0 Å². The Hall–Kier alpha value is -3.19. The summed E-state index contributed by atoms with van der Waals surface area (Å²) in [5.74, 6) is 0.113. The van der Waals surface area contributed by atoms with Gasteiger partial charge in [-0.1, -0.05) is 44.2 Å². The van der Waals surface area contributed by atoms with Crippen LogP contribution in [0.15, 0.2) is 55.0 Å². The second kappa shape index (κ2) is 9.34. The van der Waals surface area contributed by atoms with E-state index in [9.17, 15) is 4.79 Å². The zero-order valence-electron chi connectivity index (χ0n) is 17.0. The molecule has 0 saturated heterocycles. The van der Waals surface area contributed by atoms with Gasteiger partial charge in [0.1, 0.15) is 5.82 Å². The van der Waals surface area contributed by atoms with Crippen molar-refractivity contribution < 1.29 is 9.53 Å². The minimum Gasteiger partial charge on any atom is -0.383 e. The third-order valence-corrected chi connectivity index (χ3v) is 4.75. The van der Waals surface area contributed by atoms with Gasteiger partial charge in [0.05, 0.1) is 31.0 Å². The number of nitrogens with zero attached hydrogens (tertiary/aromatic N) is 3. The Morgan fingerprint density at radius 1 is 1.24 bits per heavy atom. The maximum absolute atomic E-state index is 13.1. The topological polar surface area (TPSA) is 95.1 Å². The van der Waals surface area contributed by atoms with Gasteiger partial charge in [-0.3, -0.25) is 9.48 Å². The Kier molecular flexibility index (Phi) is 6.61. The van der Waals surface area contributed by atoms with Crippen molar-refractivity contribution in [3.05, 3.63) is 66.1 Å². The standard InChI is InChI=1S/C22H27N5O2/c1-15(2)19(14-29-13-16-7-5-4-6-8-16)26-22(28)20-18(9-10-24-21(20)23)17-11-25-27(3)12-17/h4-12,15,19H,13-14H2,1-3H3,(H2,23,24)(H,26,28)/t19-/m0/s1. The van der Waals surface area contributed by atoms with Crippen molar-refractivity contribution in [2.45, 2.75) is 26.5 Å². The average molecular weight is 393 g/mol. The molecule has 0 radical (unpaired) electrons. The molecule has 3 rings (SSSR count). The molecule has 3 N–H and O–H groups in total. The van der Waals surface area contributed by atoms with Gasteiger partial charge in [0.15, 0.2) is 0 Å². The van der Waals surface area contributed by atoms with Crippen molar-refractivity contribution in [1.82, 2.24) is 20.1 Å². The molecule has 1 atom stereocenters. The lowest BCUT2D eigenvalue weighted by atomic mass is 10.0. The van der Waals surface area contributed by atoms with E-state index in [0.717, 1.165) is 11.1 Å². The highest BCUT2D eigenvalue weighted by Gasteiger charge is 2.23. The van der Waals surface area contributed by atoms with Crippen LogP contribution in [0.5, 0.6) is 0 Å². The molecule has 0 unspecified atom stereocenters. The third kappa shape index (κ3) is 5.20. The van der Waals surface area contributed by atoms with Gasteiger partial charge in [0, 0.05) is 30.6 Å². The minimum atomic E-state index is -0.267. The number of aromatic nitrogens is 3. The average Bonchev–Trinajstić information content (AvgIpc) is 3.13. The Balaban J connectivity index is 1.73. The van der Waals surface area contributed by atoms with Gasteiger partial charge in [-0.05, 0) is 17.5 Å². The lowest BCUT2D eigenvalue weighted by molar-refractivity contribution is 0.0725.